The van der Waals surface area contributed by atoms with Gasteiger partial charge in [0, 0.05) is 13.5 Å². The van der Waals surface area contributed by atoms with Crippen molar-refractivity contribution >= 4 is 22.4 Å². The van der Waals surface area contributed by atoms with E-state index < -0.39 is 6.04 Å². The van der Waals surface area contributed by atoms with Crippen LogP contribution in [0.25, 0.3) is 0 Å². The average Bonchev–Trinajstić information content (AvgIpc) is 2.94. The summed E-state index contributed by atoms with van der Waals surface area (Å²) in [7, 11) is 3.12. The maximum Gasteiger partial charge on any atom is 0.245 e. The zero-order valence-corrected chi connectivity index (χ0v) is 13.2. The van der Waals surface area contributed by atoms with E-state index in [0.29, 0.717) is 11.6 Å². The first-order valence-corrected chi connectivity index (χ1v) is 7.44. The van der Waals surface area contributed by atoms with Gasteiger partial charge in [-0.25, -0.2) is 0 Å². The Kier molecular flexibility index (Phi) is 5.82. The third-order valence-corrected chi connectivity index (χ3v) is 3.71. The van der Waals surface area contributed by atoms with E-state index >= 15 is 0 Å². The summed E-state index contributed by atoms with van der Waals surface area (Å²) in [6, 6.07) is 6.99. The summed E-state index contributed by atoms with van der Waals surface area (Å²) in [5.41, 5.74) is 6.70. The maximum absolute atomic E-state index is 11.8. The molecular weight excluding hydrogens is 304 g/mol. The number of ether oxygens (including phenoxy) is 2. The van der Waals surface area contributed by atoms with E-state index in [2.05, 4.69) is 15.5 Å². The Labute approximate surface area is 132 Å². The van der Waals surface area contributed by atoms with E-state index in [1.807, 2.05) is 24.3 Å². The van der Waals surface area contributed by atoms with E-state index in [-0.39, 0.29) is 12.5 Å². The Balaban J connectivity index is 1.97. The molecule has 0 aliphatic rings. The first-order valence-electron chi connectivity index (χ1n) is 6.63. The zero-order chi connectivity index (χ0) is 15.9. The molecule has 0 fully saturated rings. The van der Waals surface area contributed by atoms with Crippen molar-refractivity contribution < 1.29 is 14.3 Å². The molecule has 1 aromatic carbocycles. The van der Waals surface area contributed by atoms with Gasteiger partial charge in [-0.3, -0.25) is 10.1 Å². The van der Waals surface area contributed by atoms with Gasteiger partial charge in [-0.05, 0) is 17.7 Å². The average molecular weight is 322 g/mol. The number of carbonyl (C=O) groups is 1. The third kappa shape index (κ3) is 4.48. The molecule has 0 aliphatic carbocycles. The van der Waals surface area contributed by atoms with Crippen LogP contribution in [0.15, 0.2) is 24.3 Å². The number of hydrogen-bond donors (Lipinski definition) is 2. The van der Waals surface area contributed by atoms with Crippen molar-refractivity contribution in [2.45, 2.75) is 12.5 Å². The number of hydrogen-bond acceptors (Lipinski definition) is 7. The molecule has 0 radical (unpaired) electrons. The fourth-order valence-electron chi connectivity index (χ4n) is 1.79. The second kappa shape index (κ2) is 7.83. The molecule has 2 aromatic rings. The first kappa shape index (κ1) is 16.3. The van der Waals surface area contributed by atoms with Crippen molar-refractivity contribution in [3.05, 3.63) is 34.8 Å². The van der Waals surface area contributed by atoms with E-state index in [1.54, 1.807) is 7.11 Å². The van der Waals surface area contributed by atoms with Gasteiger partial charge in [-0.1, -0.05) is 23.5 Å². The zero-order valence-electron chi connectivity index (χ0n) is 12.4. The SMILES string of the molecule is COCC(N)C(=O)Nc1nnc(Cc2cccc(OC)c2)s1. The fourth-order valence-corrected chi connectivity index (χ4v) is 2.56. The summed E-state index contributed by atoms with van der Waals surface area (Å²) in [6.45, 7) is 0.154. The Hall–Kier alpha value is -2.03. The molecular formula is C14H18N4O3S. The number of nitrogens with one attached hydrogen (secondary N) is 1. The standard InChI is InChI=1S/C14H18N4O3S/c1-20-8-11(15)13(19)16-14-18-17-12(22-14)7-9-4-3-5-10(6-9)21-2/h3-6,11H,7-8,15H2,1-2H3,(H,16,18,19). The van der Waals surface area contributed by atoms with Crippen LogP contribution in [0, 0.1) is 0 Å². The lowest BCUT2D eigenvalue weighted by atomic mass is 10.1. The molecule has 1 heterocycles. The summed E-state index contributed by atoms with van der Waals surface area (Å²) in [5, 5.41) is 11.9. The summed E-state index contributed by atoms with van der Waals surface area (Å²) >= 11 is 1.31. The van der Waals surface area contributed by atoms with Gasteiger partial charge < -0.3 is 15.2 Å². The third-order valence-electron chi connectivity index (χ3n) is 2.87. The van der Waals surface area contributed by atoms with Crippen molar-refractivity contribution in [3.63, 3.8) is 0 Å². The van der Waals surface area contributed by atoms with Crippen molar-refractivity contribution in [3.8, 4) is 5.75 Å². The van der Waals surface area contributed by atoms with Crippen LogP contribution in [0.2, 0.25) is 0 Å². The molecule has 3 N–H and O–H groups in total. The molecule has 118 valence electrons. The molecule has 22 heavy (non-hydrogen) atoms. The molecule has 0 aliphatic heterocycles. The topological polar surface area (TPSA) is 99.4 Å². The molecule has 7 nitrogen and oxygen atoms in total. The number of rotatable bonds is 7. The van der Waals surface area contributed by atoms with Gasteiger partial charge >= 0.3 is 0 Å². The number of methoxy groups -OCH3 is 2. The molecule has 0 saturated heterocycles. The summed E-state index contributed by atoms with van der Waals surface area (Å²) in [4.78, 5) is 11.8. The largest absolute Gasteiger partial charge is 0.497 e. The van der Waals surface area contributed by atoms with Gasteiger partial charge in [0.1, 0.15) is 16.8 Å². The Morgan fingerprint density at radius 2 is 2.23 bits per heavy atom. The molecule has 1 unspecified atom stereocenters. The van der Waals surface area contributed by atoms with Crippen LogP contribution in [0.3, 0.4) is 0 Å². The van der Waals surface area contributed by atoms with Gasteiger partial charge in [0.15, 0.2) is 0 Å². The van der Waals surface area contributed by atoms with Crippen LogP contribution in [-0.2, 0) is 16.0 Å². The van der Waals surface area contributed by atoms with Gasteiger partial charge in [0.25, 0.3) is 0 Å². The maximum atomic E-state index is 11.8. The molecule has 1 amide bonds. The quantitative estimate of drug-likeness (QED) is 0.790. The lowest BCUT2D eigenvalue weighted by Gasteiger charge is -2.08. The molecule has 0 spiro atoms. The minimum Gasteiger partial charge on any atom is -0.497 e. The predicted molar refractivity (Wildman–Crippen MR) is 84.2 cm³/mol. The van der Waals surface area contributed by atoms with Crippen LogP contribution >= 0.6 is 11.3 Å². The monoisotopic (exact) mass is 322 g/mol. The summed E-state index contributed by atoms with van der Waals surface area (Å²) in [5.74, 6) is 0.451. The smallest absolute Gasteiger partial charge is 0.245 e. The van der Waals surface area contributed by atoms with Gasteiger partial charge in [-0.15, -0.1) is 10.2 Å². The van der Waals surface area contributed by atoms with E-state index in [1.165, 1.54) is 18.4 Å². The molecule has 0 saturated carbocycles. The minimum absolute atomic E-state index is 0.154. The van der Waals surface area contributed by atoms with Crippen LogP contribution in [0.5, 0.6) is 5.75 Å². The van der Waals surface area contributed by atoms with E-state index in [0.717, 1.165) is 16.3 Å². The van der Waals surface area contributed by atoms with Gasteiger partial charge in [0.05, 0.1) is 13.7 Å². The van der Waals surface area contributed by atoms with E-state index in [9.17, 15) is 4.79 Å². The normalized spacial score (nSPS) is 12.0. The van der Waals surface area contributed by atoms with Gasteiger partial charge in [-0.2, -0.15) is 0 Å². The van der Waals surface area contributed by atoms with E-state index in [4.69, 9.17) is 15.2 Å². The van der Waals surface area contributed by atoms with Crippen LogP contribution in [0.4, 0.5) is 5.13 Å². The number of amides is 1. The number of anilines is 1. The number of nitrogens with zero attached hydrogens (tertiary/aromatic N) is 2. The van der Waals surface area contributed by atoms with Gasteiger partial charge in [0.2, 0.25) is 11.0 Å². The highest BCUT2D eigenvalue weighted by molar-refractivity contribution is 7.15. The lowest BCUT2D eigenvalue weighted by Crippen LogP contribution is -2.39. The lowest BCUT2D eigenvalue weighted by molar-refractivity contribution is -0.118. The van der Waals surface area contributed by atoms with Crippen LogP contribution < -0.4 is 15.8 Å². The molecule has 8 heteroatoms. The Morgan fingerprint density at radius 1 is 1.41 bits per heavy atom. The van der Waals surface area contributed by atoms with Crippen molar-refractivity contribution in [2.75, 3.05) is 26.1 Å². The highest BCUT2D eigenvalue weighted by Crippen LogP contribution is 2.20. The fraction of sp³-hybridized carbons (Fsp3) is 0.357. The molecule has 0 bridgehead atoms. The molecule has 1 aromatic heterocycles. The number of carbonyl (C=O) groups excluding carboxylic acids is 1. The summed E-state index contributed by atoms with van der Waals surface area (Å²) in [6.07, 6.45) is 0.620. The number of benzene rings is 1. The predicted octanol–water partition coefficient (Wildman–Crippen LogP) is 1.05. The Morgan fingerprint density at radius 3 is 2.95 bits per heavy atom. The minimum atomic E-state index is -0.726. The Bertz CT molecular complexity index is 632. The van der Waals surface area contributed by atoms with Crippen molar-refractivity contribution in [1.82, 2.24) is 10.2 Å². The number of nitrogens with two attached hydrogens (primary N) is 1. The molecule has 2 rings (SSSR count). The van der Waals surface area contributed by atoms with Crippen molar-refractivity contribution in [2.24, 2.45) is 5.73 Å². The second-order valence-electron chi connectivity index (χ2n) is 4.58. The number of aromatic nitrogens is 2. The highest BCUT2D eigenvalue weighted by Gasteiger charge is 2.15. The van der Waals surface area contributed by atoms with Crippen LogP contribution in [-0.4, -0.2) is 43.0 Å². The van der Waals surface area contributed by atoms with Crippen LogP contribution in [0.1, 0.15) is 10.6 Å². The summed E-state index contributed by atoms with van der Waals surface area (Å²) < 4.78 is 10.0. The molecule has 1 atom stereocenters. The first-order chi connectivity index (χ1) is 10.6. The van der Waals surface area contributed by atoms with Crippen molar-refractivity contribution in [1.29, 1.82) is 0 Å². The second-order valence-corrected chi connectivity index (χ2v) is 5.64. The highest BCUT2D eigenvalue weighted by atomic mass is 32.1.